The van der Waals surface area contributed by atoms with Gasteiger partial charge in [-0.1, -0.05) is 35.3 Å². The van der Waals surface area contributed by atoms with E-state index >= 15 is 0 Å². The van der Waals surface area contributed by atoms with Gasteiger partial charge in [-0.15, -0.1) is 0 Å². The number of nitrogens with zero attached hydrogens (tertiary/aromatic N) is 3. The Bertz CT molecular complexity index is 1320. The Balaban J connectivity index is 1.41. The molecule has 182 valence electrons. The summed E-state index contributed by atoms with van der Waals surface area (Å²) in [5.41, 5.74) is 2.83. The molecule has 0 unspecified atom stereocenters. The van der Waals surface area contributed by atoms with Crippen LogP contribution in [0.3, 0.4) is 0 Å². The number of nitrogens with one attached hydrogen (secondary N) is 1. The van der Waals surface area contributed by atoms with Gasteiger partial charge in [-0.05, 0) is 61.1 Å². The highest BCUT2D eigenvalue weighted by atomic mass is 35.5. The van der Waals surface area contributed by atoms with Crippen molar-refractivity contribution in [2.24, 2.45) is 5.92 Å². The van der Waals surface area contributed by atoms with Gasteiger partial charge in [-0.25, -0.2) is 4.98 Å². The normalized spacial score (nSPS) is 15.0. The fraction of sp³-hybridized carbons (Fsp3) is 0.346. The summed E-state index contributed by atoms with van der Waals surface area (Å²) in [7, 11) is 1.64. The lowest BCUT2D eigenvalue weighted by molar-refractivity contribution is 0.0731. The summed E-state index contributed by atoms with van der Waals surface area (Å²) in [5, 5.41) is 4.09. The third kappa shape index (κ3) is 5.16. The second-order valence-corrected chi connectivity index (χ2v) is 9.84. The first-order chi connectivity index (χ1) is 16.9. The van der Waals surface area contributed by atoms with E-state index in [0.29, 0.717) is 64.8 Å². The molecular weight excluding hydrogens is 487 g/mol. The van der Waals surface area contributed by atoms with E-state index < -0.39 is 0 Å². The van der Waals surface area contributed by atoms with E-state index in [1.807, 2.05) is 24.3 Å². The third-order valence-electron chi connectivity index (χ3n) is 6.52. The predicted molar refractivity (Wildman–Crippen MR) is 136 cm³/mol. The van der Waals surface area contributed by atoms with Crippen molar-refractivity contribution in [3.8, 4) is 5.75 Å². The molecule has 1 aromatic heterocycles. The summed E-state index contributed by atoms with van der Waals surface area (Å²) in [6.07, 6.45) is 2.73. The number of rotatable bonds is 7. The van der Waals surface area contributed by atoms with E-state index in [2.05, 4.69) is 5.32 Å². The van der Waals surface area contributed by atoms with Gasteiger partial charge in [0.05, 0.1) is 29.4 Å². The van der Waals surface area contributed by atoms with Crippen molar-refractivity contribution in [2.45, 2.75) is 38.9 Å². The van der Waals surface area contributed by atoms with E-state index in [-0.39, 0.29) is 18.0 Å². The van der Waals surface area contributed by atoms with Crippen LogP contribution in [0.4, 0.5) is 5.95 Å². The first kappa shape index (κ1) is 23.7. The van der Waals surface area contributed by atoms with Crippen molar-refractivity contribution in [1.82, 2.24) is 14.5 Å². The van der Waals surface area contributed by atoms with Crippen LogP contribution in [0.25, 0.3) is 0 Å². The Morgan fingerprint density at radius 3 is 2.60 bits per heavy atom. The van der Waals surface area contributed by atoms with Gasteiger partial charge in [-0.3, -0.25) is 14.2 Å². The van der Waals surface area contributed by atoms with Gasteiger partial charge in [0.1, 0.15) is 5.75 Å². The number of hydrogen-bond acceptors (Lipinski definition) is 5. The highest BCUT2D eigenvalue weighted by molar-refractivity contribution is 6.42. The van der Waals surface area contributed by atoms with Gasteiger partial charge in [-0.2, -0.15) is 0 Å². The number of fused-ring (bicyclic) bond motifs is 1. The zero-order chi connectivity index (χ0) is 24.5. The van der Waals surface area contributed by atoms with E-state index in [1.54, 1.807) is 34.8 Å². The molecule has 7 nitrogen and oxygen atoms in total. The monoisotopic (exact) mass is 512 g/mol. The molecule has 0 spiro atoms. The summed E-state index contributed by atoms with van der Waals surface area (Å²) < 4.78 is 7.00. The van der Waals surface area contributed by atoms with Gasteiger partial charge in [0, 0.05) is 30.8 Å². The molecule has 1 N–H and O–H groups in total. The first-order valence-electron chi connectivity index (χ1n) is 11.7. The van der Waals surface area contributed by atoms with E-state index in [4.69, 9.17) is 32.9 Å². The summed E-state index contributed by atoms with van der Waals surface area (Å²) in [6.45, 7) is 1.90. The zero-order valence-electron chi connectivity index (χ0n) is 19.4. The summed E-state index contributed by atoms with van der Waals surface area (Å²) >= 11 is 12.1. The van der Waals surface area contributed by atoms with Gasteiger partial charge in [0.15, 0.2) is 0 Å². The molecule has 0 radical (unpaired) electrons. The summed E-state index contributed by atoms with van der Waals surface area (Å²) in [4.78, 5) is 33.1. The second-order valence-electron chi connectivity index (χ2n) is 9.03. The van der Waals surface area contributed by atoms with Crippen LogP contribution in [-0.4, -0.2) is 34.0 Å². The van der Waals surface area contributed by atoms with Crippen molar-refractivity contribution < 1.29 is 9.53 Å². The number of methoxy groups -OCH3 is 1. The molecule has 2 aromatic carbocycles. The number of carbonyl (C=O) groups excluding carboxylic acids is 1. The Labute approximate surface area is 213 Å². The van der Waals surface area contributed by atoms with E-state index in [9.17, 15) is 9.59 Å². The van der Waals surface area contributed by atoms with Crippen molar-refractivity contribution in [3.05, 3.63) is 85.2 Å². The van der Waals surface area contributed by atoms with Gasteiger partial charge >= 0.3 is 0 Å². The maximum atomic E-state index is 13.5. The van der Waals surface area contributed by atoms with Crippen LogP contribution >= 0.6 is 23.2 Å². The topological polar surface area (TPSA) is 76.5 Å². The molecule has 0 atom stereocenters. The minimum atomic E-state index is -0.161. The van der Waals surface area contributed by atoms with Crippen molar-refractivity contribution in [2.75, 3.05) is 19.0 Å². The lowest BCUT2D eigenvalue weighted by Crippen LogP contribution is -2.41. The van der Waals surface area contributed by atoms with Crippen molar-refractivity contribution >= 4 is 35.1 Å². The summed E-state index contributed by atoms with van der Waals surface area (Å²) in [5.74, 6) is 1.69. The Hall–Kier alpha value is -3.03. The first-order valence-corrected chi connectivity index (χ1v) is 12.4. The molecule has 3 aromatic rings. The van der Waals surface area contributed by atoms with Crippen LogP contribution in [0, 0.1) is 5.92 Å². The molecule has 1 fully saturated rings. The van der Waals surface area contributed by atoms with Crippen LogP contribution in [0.15, 0.2) is 47.3 Å². The summed E-state index contributed by atoms with van der Waals surface area (Å²) in [6, 6.07) is 12.6. The maximum absolute atomic E-state index is 13.5. The molecule has 35 heavy (non-hydrogen) atoms. The largest absolute Gasteiger partial charge is 0.497 e. The number of aromatic nitrogens is 2. The average Bonchev–Trinajstić information content (AvgIpc) is 3.70. The van der Waals surface area contributed by atoms with Gasteiger partial charge in [0.25, 0.3) is 11.5 Å². The quantitative estimate of drug-likeness (QED) is 0.492. The molecule has 1 aliphatic carbocycles. The number of hydrogen-bond donors (Lipinski definition) is 1. The van der Waals surface area contributed by atoms with Crippen molar-refractivity contribution in [3.63, 3.8) is 0 Å². The minimum absolute atomic E-state index is 0.0132. The molecule has 5 rings (SSSR count). The predicted octanol–water partition coefficient (Wildman–Crippen LogP) is 4.78. The zero-order valence-corrected chi connectivity index (χ0v) is 20.9. The number of amides is 1. The molecule has 1 aliphatic heterocycles. The van der Waals surface area contributed by atoms with Gasteiger partial charge < -0.3 is 15.0 Å². The SMILES string of the molecule is COc1ccc(CNc2nc3c(c(=O)n2CC2CC2)CCN(C(=O)c2ccc(Cl)c(Cl)c2)C3)cc1. The van der Waals surface area contributed by atoms with Crippen LogP contribution in [-0.2, 0) is 26.1 Å². The minimum Gasteiger partial charge on any atom is -0.497 e. The third-order valence-corrected chi connectivity index (χ3v) is 7.26. The van der Waals surface area contributed by atoms with E-state index in [0.717, 1.165) is 24.2 Å². The van der Waals surface area contributed by atoms with E-state index in [1.165, 1.54) is 0 Å². The number of halogens is 2. The number of carbonyl (C=O) groups is 1. The van der Waals surface area contributed by atoms with Crippen molar-refractivity contribution in [1.29, 1.82) is 0 Å². The standard InChI is InChI=1S/C26H26Cl2N4O3/c1-35-19-7-4-16(5-8-19)13-29-26-30-23-15-31(24(33)18-6-9-21(27)22(28)12-18)11-10-20(23)25(34)32(26)14-17-2-3-17/h4-9,12,17H,2-3,10-11,13-15H2,1H3,(H,29,30). The molecule has 2 aliphatic rings. The van der Waals surface area contributed by atoms with Crippen LogP contribution in [0.2, 0.25) is 10.0 Å². The van der Waals surface area contributed by atoms with Crippen LogP contribution in [0.1, 0.15) is 40.0 Å². The average molecular weight is 513 g/mol. The fourth-order valence-corrected chi connectivity index (χ4v) is 4.60. The number of anilines is 1. The molecule has 0 saturated heterocycles. The molecule has 9 heteroatoms. The lowest BCUT2D eigenvalue weighted by atomic mass is 10.0. The molecule has 1 amide bonds. The maximum Gasteiger partial charge on any atom is 0.258 e. The van der Waals surface area contributed by atoms with Gasteiger partial charge in [0.2, 0.25) is 5.95 Å². The Morgan fingerprint density at radius 2 is 1.91 bits per heavy atom. The fourth-order valence-electron chi connectivity index (χ4n) is 4.30. The smallest absolute Gasteiger partial charge is 0.258 e. The highest BCUT2D eigenvalue weighted by Gasteiger charge is 2.29. The van der Waals surface area contributed by atoms with Crippen LogP contribution < -0.4 is 15.6 Å². The highest BCUT2D eigenvalue weighted by Crippen LogP contribution is 2.31. The second kappa shape index (κ2) is 9.91. The Kier molecular flexibility index (Phi) is 6.71. The lowest BCUT2D eigenvalue weighted by Gasteiger charge is -2.29. The molecule has 1 saturated carbocycles. The number of ether oxygens (including phenoxy) is 1. The molecular formula is C26H26Cl2N4O3. The molecule has 2 heterocycles. The number of benzene rings is 2. The Morgan fingerprint density at radius 1 is 1.14 bits per heavy atom. The molecule has 0 bridgehead atoms. The van der Waals surface area contributed by atoms with Crippen LogP contribution in [0.5, 0.6) is 5.75 Å².